The number of aryl methyl sites for hydroxylation is 1. The summed E-state index contributed by atoms with van der Waals surface area (Å²) in [6.07, 6.45) is -2.98. The molecule has 0 fully saturated rings. The monoisotopic (exact) mass is 173 g/mol. The molecule has 0 saturated heterocycles. The highest BCUT2D eigenvalue weighted by Crippen LogP contribution is 2.21. The van der Waals surface area contributed by atoms with Crippen LogP contribution in [0.25, 0.3) is 0 Å². The summed E-state index contributed by atoms with van der Waals surface area (Å²) in [7, 11) is 0. The average Bonchev–Trinajstić information content (AvgIpc) is 2.04. The van der Waals surface area contributed by atoms with Crippen LogP contribution in [-0.2, 0) is 0 Å². The van der Waals surface area contributed by atoms with E-state index in [1.54, 1.807) is 6.92 Å². The van der Waals surface area contributed by atoms with Crippen LogP contribution in [0.2, 0.25) is 0 Å². The van der Waals surface area contributed by atoms with Gasteiger partial charge in [0.1, 0.15) is 6.10 Å². The highest BCUT2D eigenvalue weighted by Gasteiger charge is 2.20. The van der Waals surface area contributed by atoms with Gasteiger partial charge in [-0.2, -0.15) is 0 Å². The lowest BCUT2D eigenvalue weighted by Gasteiger charge is -2.10. The largest absolute Gasteiger partial charge is 0.382 e. The minimum absolute atomic E-state index is 0.188. The molecule has 0 aromatic carbocycles. The van der Waals surface area contributed by atoms with Crippen molar-refractivity contribution < 1.29 is 13.9 Å². The number of nitrogens with zero attached hydrogens (tertiary/aromatic N) is 1. The van der Waals surface area contributed by atoms with Crippen LogP contribution < -0.4 is 0 Å². The SMILES string of the molecule is Cc1ncccc1C(O)C(F)F. The third kappa shape index (κ3) is 1.76. The fraction of sp³-hybridized carbons (Fsp3) is 0.375. The summed E-state index contributed by atoms with van der Waals surface area (Å²) in [5, 5.41) is 8.99. The summed E-state index contributed by atoms with van der Waals surface area (Å²) in [6, 6.07) is 2.97. The van der Waals surface area contributed by atoms with Gasteiger partial charge in [0.25, 0.3) is 6.43 Å². The topological polar surface area (TPSA) is 33.1 Å². The van der Waals surface area contributed by atoms with E-state index < -0.39 is 12.5 Å². The van der Waals surface area contributed by atoms with E-state index in [1.807, 2.05) is 0 Å². The Morgan fingerprint density at radius 2 is 2.17 bits per heavy atom. The number of aromatic nitrogens is 1. The number of aliphatic hydroxyl groups is 1. The molecule has 1 N–H and O–H groups in total. The molecule has 1 unspecified atom stereocenters. The third-order valence-electron chi connectivity index (χ3n) is 1.61. The fourth-order valence-electron chi connectivity index (χ4n) is 0.945. The lowest BCUT2D eigenvalue weighted by molar-refractivity contribution is -0.00634. The van der Waals surface area contributed by atoms with Crippen LogP contribution >= 0.6 is 0 Å². The second-order valence-electron chi connectivity index (χ2n) is 2.46. The molecule has 0 aliphatic heterocycles. The number of pyridine rings is 1. The summed E-state index contributed by atoms with van der Waals surface area (Å²) < 4.78 is 24.0. The molecule has 1 atom stereocenters. The maximum absolute atomic E-state index is 12.0. The van der Waals surface area contributed by atoms with Crippen LogP contribution in [0.15, 0.2) is 18.3 Å². The molecule has 12 heavy (non-hydrogen) atoms. The molecule has 0 amide bonds. The standard InChI is InChI=1S/C8H9F2NO/c1-5-6(3-2-4-11-5)7(12)8(9)10/h2-4,7-8,12H,1H3. The van der Waals surface area contributed by atoms with Crippen molar-refractivity contribution in [3.8, 4) is 0 Å². The van der Waals surface area contributed by atoms with E-state index in [-0.39, 0.29) is 5.56 Å². The van der Waals surface area contributed by atoms with Crippen LogP contribution in [0.3, 0.4) is 0 Å². The molecule has 0 spiro atoms. The maximum Gasteiger partial charge on any atom is 0.268 e. The predicted molar refractivity (Wildman–Crippen MR) is 39.9 cm³/mol. The Balaban J connectivity index is 2.94. The smallest absolute Gasteiger partial charge is 0.268 e. The molecule has 1 aromatic heterocycles. The van der Waals surface area contributed by atoms with Gasteiger partial charge in [-0.15, -0.1) is 0 Å². The van der Waals surface area contributed by atoms with Gasteiger partial charge in [0, 0.05) is 17.5 Å². The van der Waals surface area contributed by atoms with Gasteiger partial charge in [-0.05, 0) is 13.0 Å². The summed E-state index contributed by atoms with van der Waals surface area (Å²) in [5.74, 6) is 0. The number of aliphatic hydroxyl groups excluding tert-OH is 1. The normalized spacial score (nSPS) is 13.4. The van der Waals surface area contributed by atoms with Crippen LogP contribution in [0.1, 0.15) is 17.4 Å². The molecule has 1 heterocycles. The number of alkyl halides is 2. The van der Waals surface area contributed by atoms with Gasteiger partial charge >= 0.3 is 0 Å². The molecule has 2 nitrogen and oxygen atoms in total. The van der Waals surface area contributed by atoms with E-state index >= 15 is 0 Å². The summed E-state index contributed by atoms with van der Waals surface area (Å²) in [6.45, 7) is 1.58. The molecule has 0 saturated carbocycles. The Bertz CT molecular complexity index is 265. The van der Waals surface area contributed by atoms with E-state index in [9.17, 15) is 8.78 Å². The van der Waals surface area contributed by atoms with Gasteiger partial charge in [0.2, 0.25) is 0 Å². The first kappa shape index (κ1) is 9.06. The molecule has 0 bridgehead atoms. The second kappa shape index (κ2) is 3.58. The van der Waals surface area contributed by atoms with Crippen molar-refractivity contribution in [1.29, 1.82) is 0 Å². The first-order chi connectivity index (χ1) is 5.63. The van der Waals surface area contributed by atoms with Crippen molar-refractivity contribution in [2.24, 2.45) is 0 Å². The van der Waals surface area contributed by atoms with Crippen molar-refractivity contribution in [3.05, 3.63) is 29.6 Å². The summed E-state index contributed by atoms with van der Waals surface area (Å²) >= 11 is 0. The molecular weight excluding hydrogens is 164 g/mol. The van der Waals surface area contributed by atoms with Crippen molar-refractivity contribution in [1.82, 2.24) is 4.98 Å². The first-order valence-electron chi connectivity index (χ1n) is 3.50. The lowest BCUT2D eigenvalue weighted by Crippen LogP contribution is -2.10. The Morgan fingerprint density at radius 3 is 2.67 bits per heavy atom. The van der Waals surface area contributed by atoms with Gasteiger partial charge in [-0.3, -0.25) is 4.98 Å². The van der Waals surface area contributed by atoms with Gasteiger partial charge in [-0.1, -0.05) is 6.07 Å². The van der Waals surface area contributed by atoms with Crippen LogP contribution in [0.5, 0.6) is 0 Å². The first-order valence-corrected chi connectivity index (χ1v) is 3.50. The highest BCUT2D eigenvalue weighted by atomic mass is 19.3. The Morgan fingerprint density at radius 1 is 1.50 bits per heavy atom. The zero-order valence-corrected chi connectivity index (χ0v) is 6.54. The Hall–Kier alpha value is -1.03. The number of halogens is 2. The third-order valence-corrected chi connectivity index (χ3v) is 1.61. The van der Waals surface area contributed by atoms with Gasteiger partial charge in [-0.25, -0.2) is 8.78 Å². The van der Waals surface area contributed by atoms with E-state index in [2.05, 4.69) is 4.98 Å². The maximum atomic E-state index is 12.0. The van der Waals surface area contributed by atoms with Gasteiger partial charge < -0.3 is 5.11 Å². The average molecular weight is 173 g/mol. The van der Waals surface area contributed by atoms with Gasteiger partial charge in [0.15, 0.2) is 0 Å². The molecule has 0 aliphatic rings. The van der Waals surface area contributed by atoms with Crippen LogP contribution in [0, 0.1) is 6.92 Å². The van der Waals surface area contributed by atoms with Crippen molar-refractivity contribution in [2.75, 3.05) is 0 Å². The van der Waals surface area contributed by atoms with Crippen molar-refractivity contribution in [3.63, 3.8) is 0 Å². The molecule has 0 aliphatic carbocycles. The van der Waals surface area contributed by atoms with E-state index in [0.717, 1.165) is 0 Å². The molecule has 1 rings (SSSR count). The number of hydrogen-bond donors (Lipinski definition) is 1. The van der Waals surface area contributed by atoms with Crippen LogP contribution in [-0.4, -0.2) is 16.5 Å². The van der Waals surface area contributed by atoms with E-state index in [0.29, 0.717) is 5.69 Å². The zero-order chi connectivity index (χ0) is 9.14. The van der Waals surface area contributed by atoms with E-state index in [4.69, 9.17) is 5.11 Å². The van der Waals surface area contributed by atoms with Crippen molar-refractivity contribution in [2.45, 2.75) is 19.5 Å². The quantitative estimate of drug-likeness (QED) is 0.738. The van der Waals surface area contributed by atoms with Crippen molar-refractivity contribution >= 4 is 0 Å². The van der Waals surface area contributed by atoms with Crippen LogP contribution in [0.4, 0.5) is 8.78 Å². The summed E-state index contributed by atoms with van der Waals surface area (Å²) in [4.78, 5) is 3.79. The fourth-order valence-corrected chi connectivity index (χ4v) is 0.945. The summed E-state index contributed by atoms with van der Waals surface area (Å²) in [5.41, 5.74) is 0.623. The van der Waals surface area contributed by atoms with E-state index in [1.165, 1.54) is 18.3 Å². The highest BCUT2D eigenvalue weighted by molar-refractivity contribution is 5.21. The molecule has 0 radical (unpaired) electrons. The Labute approximate surface area is 68.9 Å². The molecular formula is C8H9F2NO. The Kier molecular flexibility index (Phi) is 2.70. The zero-order valence-electron chi connectivity index (χ0n) is 6.54. The second-order valence-corrected chi connectivity index (χ2v) is 2.46. The lowest BCUT2D eigenvalue weighted by atomic mass is 10.1. The predicted octanol–water partition coefficient (Wildman–Crippen LogP) is 1.69. The van der Waals surface area contributed by atoms with Gasteiger partial charge in [0.05, 0.1) is 0 Å². The minimum atomic E-state index is -2.76. The molecule has 66 valence electrons. The molecule has 1 aromatic rings. The number of rotatable bonds is 2. The number of hydrogen-bond acceptors (Lipinski definition) is 2. The minimum Gasteiger partial charge on any atom is -0.382 e. The molecule has 4 heteroatoms.